The molecule has 0 radical (unpaired) electrons. The molecule has 1 aliphatic rings. The second-order valence-corrected chi connectivity index (χ2v) is 8.36. The van der Waals surface area contributed by atoms with Gasteiger partial charge in [-0.05, 0) is 35.4 Å². The van der Waals surface area contributed by atoms with Crippen molar-refractivity contribution in [2.45, 2.75) is 12.6 Å². The highest BCUT2D eigenvalue weighted by Gasteiger charge is 2.32. The van der Waals surface area contributed by atoms with Gasteiger partial charge in [0.05, 0.1) is 17.2 Å². The van der Waals surface area contributed by atoms with Crippen molar-refractivity contribution in [1.29, 1.82) is 0 Å². The lowest BCUT2D eigenvalue weighted by Crippen LogP contribution is -2.52. The van der Waals surface area contributed by atoms with E-state index in [0.29, 0.717) is 5.96 Å². The fourth-order valence-corrected chi connectivity index (χ4v) is 4.57. The molecule has 6 nitrogen and oxygen atoms in total. The Kier molecular flexibility index (Phi) is 6.46. The van der Waals surface area contributed by atoms with Crippen LogP contribution in [0.1, 0.15) is 17.2 Å². The zero-order valence-electron chi connectivity index (χ0n) is 18.9. The Morgan fingerprint density at radius 1 is 0.941 bits per heavy atom. The number of pyridine rings is 1. The standard InChI is InChI=1S/C28H26N6/c1-29-32-28(31-26-16-8-15-25-24(26)14-9-17-30-25)34-19-18-33(20-22-10-4-2-5-11-22)21-27(34)23-12-6-3-7-13-23/h2-17,27H,18-21H2,(H,31,32)/t27-/m1/s1. The molecular formula is C28H26N6. The van der Waals surface area contributed by atoms with Crippen LogP contribution in [0.15, 0.2) is 102 Å². The molecule has 1 saturated heterocycles. The number of rotatable bonds is 4. The summed E-state index contributed by atoms with van der Waals surface area (Å²) in [6.07, 6.45) is 1.79. The number of aromatic nitrogens is 1. The molecule has 168 valence electrons. The van der Waals surface area contributed by atoms with Gasteiger partial charge in [0.2, 0.25) is 0 Å². The van der Waals surface area contributed by atoms with Gasteiger partial charge in [-0.3, -0.25) is 9.88 Å². The van der Waals surface area contributed by atoms with E-state index in [4.69, 9.17) is 6.57 Å². The number of hydrogen-bond acceptors (Lipinski definition) is 3. The molecule has 2 heterocycles. The minimum atomic E-state index is 0.0692. The number of anilines is 1. The van der Waals surface area contributed by atoms with E-state index in [-0.39, 0.29) is 6.04 Å². The number of fused-ring (bicyclic) bond motifs is 1. The van der Waals surface area contributed by atoms with E-state index in [0.717, 1.165) is 42.8 Å². The zero-order chi connectivity index (χ0) is 23.2. The molecule has 5 rings (SSSR count). The molecule has 0 bridgehead atoms. The summed E-state index contributed by atoms with van der Waals surface area (Å²) >= 11 is 0. The second kappa shape index (κ2) is 10.2. The SMILES string of the molecule is [C-]#[N+]N=C(Nc1cccc2ncccc12)N1CCN(Cc2ccccc2)C[C@@H]1c1ccccc1. The van der Waals surface area contributed by atoms with Crippen molar-refractivity contribution in [3.05, 3.63) is 120 Å². The molecule has 0 saturated carbocycles. The molecule has 1 aromatic heterocycles. The van der Waals surface area contributed by atoms with E-state index in [9.17, 15) is 0 Å². The van der Waals surface area contributed by atoms with E-state index in [1.165, 1.54) is 11.1 Å². The first-order valence-electron chi connectivity index (χ1n) is 11.4. The Labute approximate surface area is 200 Å². The number of nitrogens with zero attached hydrogens (tertiary/aromatic N) is 5. The topological polar surface area (TPSA) is 48.1 Å². The monoisotopic (exact) mass is 446 g/mol. The summed E-state index contributed by atoms with van der Waals surface area (Å²) in [5.74, 6) is 0.569. The maximum atomic E-state index is 7.49. The Morgan fingerprint density at radius 2 is 1.74 bits per heavy atom. The molecule has 0 amide bonds. The normalized spacial score (nSPS) is 16.9. The highest BCUT2D eigenvalue weighted by atomic mass is 15.4. The summed E-state index contributed by atoms with van der Waals surface area (Å²) in [6.45, 7) is 10.9. The second-order valence-electron chi connectivity index (χ2n) is 8.36. The van der Waals surface area contributed by atoms with Crippen molar-refractivity contribution in [2.75, 3.05) is 25.0 Å². The van der Waals surface area contributed by atoms with Crippen LogP contribution in [0, 0.1) is 6.57 Å². The average molecular weight is 447 g/mol. The Balaban J connectivity index is 1.45. The van der Waals surface area contributed by atoms with Gasteiger partial charge >= 0.3 is 0 Å². The van der Waals surface area contributed by atoms with Crippen LogP contribution in [0.4, 0.5) is 5.69 Å². The highest BCUT2D eigenvalue weighted by Crippen LogP contribution is 2.29. The van der Waals surface area contributed by atoms with E-state index in [2.05, 4.69) is 84.8 Å². The third kappa shape index (κ3) is 4.75. The Morgan fingerprint density at radius 3 is 2.53 bits per heavy atom. The lowest BCUT2D eigenvalue weighted by Gasteiger charge is -2.42. The molecule has 34 heavy (non-hydrogen) atoms. The van der Waals surface area contributed by atoms with Gasteiger partial charge in [0.15, 0.2) is 0 Å². The highest BCUT2D eigenvalue weighted by molar-refractivity contribution is 6.02. The first-order chi connectivity index (χ1) is 16.8. The lowest BCUT2D eigenvalue weighted by atomic mass is 10.0. The first kappa shape index (κ1) is 21.6. The lowest BCUT2D eigenvalue weighted by molar-refractivity contribution is 0.121. The van der Waals surface area contributed by atoms with E-state index < -0.39 is 0 Å². The zero-order valence-corrected chi connectivity index (χ0v) is 18.9. The molecule has 1 fully saturated rings. The van der Waals surface area contributed by atoms with Crippen LogP contribution >= 0.6 is 0 Å². The third-order valence-electron chi connectivity index (χ3n) is 6.21. The van der Waals surface area contributed by atoms with Gasteiger partial charge in [-0.15, -0.1) is 4.95 Å². The average Bonchev–Trinajstić information content (AvgIpc) is 2.90. The van der Waals surface area contributed by atoms with Crippen LogP contribution in [0.25, 0.3) is 15.9 Å². The minimum absolute atomic E-state index is 0.0692. The maximum absolute atomic E-state index is 7.49. The maximum Gasteiger partial charge on any atom is 0.285 e. The first-order valence-corrected chi connectivity index (χ1v) is 11.4. The van der Waals surface area contributed by atoms with Gasteiger partial charge in [0.25, 0.3) is 5.96 Å². The molecule has 3 aromatic carbocycles. The van der Waals surface area contributed by atoms with Crippen LogP contribution in [0.2, 0.25) is 0 Å². The Bertz CT molecular complexity index is 1310. The van der Waals surface area contributed by atoms with Crippen LogP contribution in [0.5, 0.6) is 0 Å². The van der Waals surface area contributed by atoms with Crippen molar-refractivity contribution in [3.63, 3.8) is 0 Å². The van der Waals surface area contributed by atoms with E-state index in [1.54, 1.807) is 6.20 Å². The number of nitrogens with one attached hydrogen (secondary N) is 1. The molecule has 0 aliphatic carbocycles. The van der Waals surface area contributed by atoms with Gasteiger partial charge in [0.1, 0.15) is 5.10 Å². The predicted molar refractivity (Wildman–Crippen MR) is 137 cm³/mol. The summed E-state index contributed by atoms with van der Waals surface area (Å²) in [7, 11) is 0. The Hall–Kier alpha value is -4.21. The number of piperazine rings is 1. The van der Waals surface area contributed by atoms with Gasteiger partial charge in [0, 0.05) is 37.8 Å². The summed E-state index contributed by atoms with van der Waals surface area (Å²) in [5.41, 5.74) is 4.31. The van der Waals surface area contributed by atoms with Crippen LogP contribution in [0.3, 0.4) is 0 Å². The third-order valence-corrected chi connectivity index (χ3v) is 6.21. The fraction of sp³-hybridized carbons (Fsp3) is 0.179. The van der Waals surface area contributed by atoms with Crippen molar-refractivity contribution >= 4 is 22.5 Å². The predicted octanol–water partition coefficient (Wildman–Crippen LogP) is 5.40. The summed E-state index contributed by atoms with van der Waals surface area (Å²) in [5, 5.41) is 8.68. The number of benzene rings is 3. The molecule has 1 atom stereocenters. The number of hydrogen-bond donors (Lipinski definition) is 1. The summed E-state index contributed by atoms with van der Waals surface area (Å²) in [6, 6.07) is 31.0. The summed E-state index contributed by atoms with van der Waals surface area (Å²) < 4.78 is 0. The van der Waals surface area contributed by atoms with Crippen molar-refractivity contribution in [1.82, 2.24) is 14.8 Å². The molecule has 6 heteroatoms. The molecule has 0 spiro atoms. The van der Waals surface area contributed by atoms with Gasteiger partial charge in [-0.2, -0.15) is 6.57 Å². The fourth-order valence-electron chi connectivity index (χ4n) is 4.57. The molecule has 4 aromatic rings. The molecule has 1 N–H and O–H groups in total. The van der Waals surface area contributed by atoms with Crippen LogP contribution in [-0.2, 0) is 6.54 Å². The number of guanidine groups is 1. The largest absolute Gasteiger partial charge is 0.327 e. The van der Waals surface area contributed by atoms with E-state index in [1.807, 2.05) is 36.4 Å². The quantitative estimate of drug-likeness (QED) is 0.197. The van der Waals surface area contributed by atoms with Gasteiger partial charge in [-0.1, -0.05) is 66.7 Å². The van der Waals surface area contributed by atoms with Crippen molar-refractivity contribution in [2.24, 2.45) is 5.10 Å². The van der Waals surface area contributed by atoms with E-state index >= 15 is 0 Å². The van der Waals surface area contributed by atoms with Crippen LogP contribution < -0.4 is 5.32 Å². The molecular weight excluding hydrogens is 420 g/mol. The summed E-state index contributed by atoms with van der Waals surface area (Å²) in [4.78, 5) is 12.6. The van der Waals surface area contributed by atoms with Gasteiger partial charge in [-0.25, -0.2) is 0 Å². The van der Waals surface area contributed by atoms with Crippen molar-refractivity contribution in [3.8, 4) is 0 Å². The minimum Gasteiger partial charge on any atom is -0.327 e. The molecule has 0 unspecified atom stereocenters. The van der Waals surface area contributed by atoms with Crippen LogP contribution in [-0.4, -0.2) is 40.4 Å². The molecule has 1 aliphatic heterocycles. The van der Waals surface area contributed by atoms with Crippen molar-refractivity contribution < 1.29 is 0 Å². The van der Waals surface area contributed by atoms with Gasteiger partial charge < -0.3 is 10.2 Å². The smallest absolute Gasteiger partial charge is 0.285 e.